The van der Waals surface area contributed by atoms with E-state index in [4.69, 9.17) is 27.6 Å². The molecule has 2 N–H and O–H groups in total. The van der Waals surface area contributed by atoms with E-state index in [0.717, 1.165) is 11.5 Å². The van der Waals surface area contributed by atoms with Crippen molar-refractivity contribution < 1.29 is 14.0 Å². The van der Waals surface area contributed by atoms with Gasteiger partial charge in [-0.3, -0.25) is 9.59 Å². The Balaban J connectivity index is 1.96. The Morgan fingerprint density at radius 2 is 2.08 bits per heavy atom. The van der Waals surface area contributed by atoms with Crippen LogP contribution in [0.3, 0.4) is 0 Å². The second kappa shape index (κ2) is 10.5. The van der Waals surface area contributed by atoms with Gasteiger partial charge in [0.15, 0.2) is 0 Å². The highest BCUT2D eigenvalue weighted by Crippen LogP contribution is 2.21. The molecule has 0 aliphatic carbocycles. The van der Waals surface area contributed by atoms with Crippen molar-refractivity contribution in [3.8, 4) is 0 Å². The monoisotopic (exact) mass is 414 g/mol. The minimum Gasteiger partial charge on any atom is -0.469 e. The topological polar surface area (TPSA) is 71.3 Å². The van der Waals surface area contributed by atoms with Gasteiger partial charge in [-0.2, -0.15) is 11.8 Å². The third-order valence-corrected chi connectivity index (χ3v) is 4.85. The Labute approximate surface area is 166 Å². The first-order chi connectivity index (χ1) is 12.5. The van der Waals surface area contributed by atoms with Gasteiger partial charge < -0.3 is 15.1 Å². The Kier molecular flexibility index (Phi) is 8.35. The van der Waals surface area contributed by atoms with Gasteiger partial charge in [-0.1, -0.05) is 23.2 Å². The predicted octanol–water partition coefficient (Wildman–Crippen LogP) is 3.80. The molecule has 0 saturated heterocycles. The molecule has 5 nitrogen and oxygen atoms in total. The molecular weight excluding hydrogens is 395 g/mol. The van der Waals surface area contributed by atoms with Crippen LogP contribution < -0.4 is 10.6 Å². The number of rotatable bonds is 9. The molecule has 1 unspecified atom stereocenters. The minimum atomic E-state index is -0.640. The lowest BCUT2D eigenvalue weighted by Crippen LogP contribution is -2.47. The van der Waals surface area contributed by atoms with Crippen LogP contribution in [0.1, 0.15) is 22.5 Å². The lowest BCUT2D eigenvalue weighted by Gasteiger charge is -2.18. The summed E-state index contributed by atoms with van der Waals surface area (Å²) >= 11 is 13.5. The number of nitrogens with one attached hydrogen (secondary N) is 2. The lowest BCUT2D eigenvalue weighted by molar-refractivity contribution is -0.123. The van der Waals surface area contributed by atoms with Gasteiger partial charge in [0.1, 0.15) is 11.8 Å². The molecule has 8 heteroatoms. The molecule has 0 aliphatic rings. The molecule has 140 valence electrons. The Morgan fingerprint density at radius 1 is 1.27 bits per heavy atom. The lowest BCUT2D eigenvalue weighted by atomic mass is 10.1. The van der Waals surface area contributed by atoms with Gasteiger partial charge in [0.2, 0.25) is 5.91 Å². The van der Waals surface area contributed by atoms with Crippen LogP contribution in [0.25, 0.3) is 0 Å². The molecule has 0 spiro atoms. The SMILES string of the molecule is CSCCC(NC(=O)c1ccc(Cl)cc1Cl)C(=O)NCCc1ccco1. The summed E-state index contributed by atoms with van der Waals surface area (Å²) in [5, 5.41) is 6.28. The van der Waals surface area contributed by atoms with E-state index >= 15 is 0 Å². The van der Waals surface area contributed by atoms with Gasteiger partial charge in [0, 0.05) is 18.0 Å². The van der Waals surface area contributed by atoms with E-state index < -0.39 is 11.9 Å². The fourth-order valence-electron chi connectivity index (χ4n) is 2.30. The highest BCUT2D eigenvalue weighted by molar-refractivity contribution is 7.98. The second-order valence-electron chi connectivity index (χ2n) is 5.55. The molecule has 2 rings (SSSR count). The van der Waals surface area contributed by atoms with Crippen LogP contribution in [-0.2, 0) is 11.2 Å². The minimum absolute atomic E-state index is 0.232. The number of thioether (sulfide) groups is 1. The maximum atomic E-state index is 12.5. The van der Waals surface area contributed by atoms with Crippen LogP contribution in [0.5, 0.6) is 0 Å². The van der Waals surface area contributed by atoms with Crippen molar-refractivity contribution in [3.63, 3.8) is 0 Å². The summed E-state index contributed by atoms with van der Waals surface area (Å²) in [7, 11) is 0. The summed E-state index contributed by atoms with van der Waals surface area (Å²) in [6.45, 7) is 0.430. The summed E-state index contributed by atoms with van der Waals surface area (Å²) in [5.74, 6) is 0.899. The van der Waals surface area contributed by atoms with Gasteiger partial charge in [-0.15, -0.1) is 0 Å². The van der Waals surface area contributed by atoms with Gasteiger partial charge in [0.05, 0.1) is 16.8 Å². The van der Waals surface area contributed by atoms with Crippen LogP contribution in [0.2, 0.25) is 10.0 Å². The Hall–Kier alpha value is -1.63. The summed E-state index contributed by atoms with van der Waals surface area (Å²) in [6.07, 6.45) is 4.65. The van der Waals surface area contributed by atoms with Crippen LogP contribution in [0, 0.1) is 0 Å². The maximum Gasteiger partial charge on any atom is 0.253 e. The van der Waals surface area contributed by atoms with Crippen molar-refractivity contribution in [3.05, 3.63) is 58.0 Å². The van der Waals surface area contributed by atoms with E-state index in [2.05, 4.69) is 10.6 Å². The molecule has 1 aromatic heterocycles. The zero-order valence-corrected chi connectivity index (χ0v) is 16.6. The summed E-state index contributed by atoms with van der Waals surface area (Å²) in [6, 6.07) is 7.63. The van der Waals surface area contributed by atoms with E-state index in [0.29, 0.717) is 24.4 Å². The summed E-state index contributed by atoms with van der Waals surface area (Å²) < 4.78 is 5.24. The molecule has 1 atom stereocenters. The average Bonchev–Trinajstić information content (AvgIpc) is 3.11. The summed E-state index contributed by atoms with van der Waals surface area (Å²) in [5.41, 5.74) is 0.286. The number of amides is 2. The molecule has 2 amide bonds. The number of carbonyl (C=O) groups excluding carboxylic acids is 2. The van der Waals surface area contributed by atoms with Crippen molar-refractivity contribution >= 4 is 46.8 Å². The first-order valence-corrected chi connectivity index (χ1v) is 10.2. The molecule has 26 heavy (non-hydrogen) atoms. The van der Waals surface area contributed by atoms with Gasteiger partial charge in [0.25, 0.3) is 5.91 Å². The van der Waals surface area contributed by atoms with E-state index in [1.165, 1.54) is 6.07 Å². The normalized spacial score (nSPS) is 11.8. The molecule has 1 aromatic carbocycles. The van der Waals surface area contributed by atoms with Crippen molar-refractivity contribution in [1.29, 1.82) is 0 Å². The molecule has 0 bridgehead atoms. The van der Waals surface area contributed by atoms with E-state index in [-0.39, 0.29) is 16.5 Å². The third kappa shape index (κ3) is 6.27. The molecule has 2 aromatic rings. The highest BCUT2D eigenvalue weighted by atomic mass is 35.5. The number of hydrogen-bond donors (Lipinski definition) is 2. The fourth-order valence-corrected chi connectivity index (χ4v) is 3.27. The summed E-state index contributed by atoms with van der Waals surface area (Å²) in [4.78, 5) is 24.9. The smallest absolute Gasteiger partial charge is 0.253 e. The van der Waals surface area contributed by atoms with Crippen molar-refractivity contribution in [2.24, 2.45) is 0 Å². The van der Waals surface area contributed by atoms with E-state index in [1.807, 2.05) is 12.3 Å². The van der Waals surface area contributed by atoms with Crippen molar-refractivity contribution in [2.45, 2.75) is 18.9 Å². The van der Waals surface area contributed by atoms with Crippen molar-refractivity contribution in [2.75, 3.05) is 18.6 Å². The van der Waals surface area contributed by atoms with E-state index in [9.17, 15) is 9.59 Å². The molecule has 0 radical (unpaired) electrons. The fraction of sp³-hybridized carbons (Fsp3) is 0.333. The van der Waals surface area contributed by atoms with E-state index in [1.54, 1.807) is 36.2 Å². The van der Waals surface area contributed by atoms with Crippen LogP contribution in [-0.4, -0.2) is 36.4 Å². The van der Waals surface area contributed by atoms with Gasteiger partial charge in [-0.25, -0.2) is 0 Å². The molecule has 1 heterocycles. The predicted molar refractivity (Wildman–Crippen MR) is 106 cm³/mol. The molecular formula is C18H20Cl2N2O3S. The van der Waals surface area contributed by atoms with Crippen LogP contribution in [0.4, 0.5) is 0 Å². The highest BCUT2D eigenvalue weighted by Gasteiger charge is 2.22. The zero-order chi connectivity index (χ0) is 18.9. The average molecular weight is 415 g/mol. The molecule has 0 saturated carbocycles. The number of furan rings is 1. The number of halogens is 2. The zero-order valence-electron chi connectivity index (χ0n) is 14.3. The van der Waals surface area contributed by atoms with Gasteiger partial charge >= 0.3 is 0 Å². The quantitative estimate of drug-likeness (QED) is 0.654. The third-order valence-electron chi connectivity index (χ3n) is 3.66. The molecule has 0 fully saturated rings. The largest absolute Gasteiger partial charge is 0.469 e. The first kappa shape index (κ1) is 20.7. The van der Waals surface area contributed by atoms with Gasteiger partial charge in [-0.05, 0) is 48.8 Å². The maximum absolute atomic E-state index is 12.5. The van der Waals surface area contributed by atoms with Crippen molar-refractivity contribution in [1.82, 2.24) is 10.6 Å². The Bertz CT molecular complexity index is 738. The number of benzene rings is 1. The number of hydrogen-bond acceptors (Lipinski definition) is 4. The number of carbonyl (C=O) groups is 2. The second-order valence-corrected chi connectivity index (χ2v) is 7.38. The standard InChI is InChI=1S/C18H20Cl2N2O3S/c1-26-10-7-16(18(24)21-8-6-13-3-2-9-25-13)22-17(23)14-5-4-12(19)11-15(14)20/h2-5,9,11,16H,6-8,10H2,1H3,(H,21,24)(H,22,23). The Morgan fingerprint density at radius 3 is 2.73 bits per heavy atom. The first-order valence-electron chi connectivity index (χ1n) is 8.06. The van der Waals surface area contributed by atoms with Crippen LogP contribution >= 0.6 is 35.0 Å². The molecule has 0 aliphatic heterocycles. The van der Waals surface area contributed by atoms with Crippen LogP contribution in [0.15, 0.2) is 41.0 Å².